The molecule has 9 aromatic rings. The van der Waals surface area contributed by atoms with E-state index in [4.69, 9.17) is 6.57 Å². The first-order valence-electron chi connectivity index (χ1n) is 21.8. The molecular weight excluding hydrogens is 777 g/mol. The van der Waals surface area contributed by atoms with Crippen molar-refractivity contribution in [1.82, 2.24) is 0 Å². The quantitative estimate of drug-likeness (QED) is 0.150. The predicted octanol–water partition coefficient (Wildman–Crippen LogP) is 16.5. The second-order valence-electron chi connectivity index (χ2n) is 18.0. The van der Waals surface area contributed by atoms with Gasteiger partial charge in [0.05, 0.1) is 23.9 Å². The minimum atomic E-state index is -0.157. The molecule has 11 rings (SSSR count). The number of nitriles is 1. The Morgan fingerprint density at radius 1 is 0.422 bits per heavy atom. The summed E-state index contributed by atoms with van der Waals surface area (Å²) in [6.45, 7) is 16.9. The largest absolute Gasteiger partial charge is 0.311 e. The molecule has 9 aromatic carbocycles. The number of fused-ring (bicyclic) bond motifs is 7. The van der Waals surface area contributed by atoms with Crippen LogP contribution in [0.25, 0.3) is 49.0 Å². The van der Waals surface area contributed by atoms with Gasteiger partial charge < -0.3 is 9.80 Å². The van der Waals surface area contributed by atoms with Crippen LogP contribution in [-0.4, -0.2) is 0 Å². The average Bonchev–Trinajstić information content (AvgIpc) is 3.71. The third-order valence-corrected chi connectivity index (χ3v) is 13.7. The van der Waals surface area contributed by atoms with Crippen molar-refractivity contribution in [2.24, 2.45) is 0 Å². The van der Waals surface area contributed by atoms with Gasteiger partial charge >= 0.3 is 0 Å². The van der Waals surface area contributed by atoms with Crippen LogP contribution in [0.5, 0.6) is 0 Å². The van der Waals surface area contributed by atoms with Crippen LogP contribution < -0.4 is 9.80 Å². The Balaban J connectivity index is 1.01. The van der Waals surface area contributed by atoms with Crippen LogP contribution in [0, 0.1) is 17.9 Å². The van der Waals surface area contributed by atoms with Gasteiger partial charge in [-0.2, -0.15) is 5.26 Å². The third-order valence-electron chi connectivity index (χ3n) is 13.7. The maximum atomic E-state index is 9.72. The van der Waals surface area contributed by atoms with E-state index in [-0.39, 0.29) is 10.8 Å². The molecule has 2 aliphatic rings. The highest BCUT2D eigenvalue weighted by Gasteiger charge is 2.37. The number of hydrogen-bond donors (Lipinski definition) is 0. The maximum Gasteiger partial charge on any atom is 0.187 e. The number of anilines is 6. The Bertz CT molecular complexity index is 3400. The van der Waals surface area contributed by atoms with Crippen molar-refractivity contribution in [3.05, 3.63) is 233 Å². The second-order valence-corrected chi connectivity index (χ2v) is 18.0. The van der Waals surface area contributed by atoms with E-state index in [1.54, 1.807) is 0 Å². The van der Waals surface area contributed by atoms with E-state index in [2.05, 4.69) is 206 Å². The van der Waals surface area contributed by atoms with Crippen molar-refractivity contribution < 1.29 is 0 Å². The zero-order valence-electron chi connectivity index (χ0n) is 36.3. The molecule has 0 radical (unpaired) electrons. The highest BCUT2D eigenvalue weighted by molar-refractivity contribution is 6.06. The fraction of sp³-hybridized carbons (Fsp3) is 0.100. The SMILES string of the molecule is [C-]#[N+]c1ccc(N(c2ccc(-c3cccc4c(N(c5ccc(C#N)cc5)c5ccc6c(c5)C(C)(C)c5ccccc5-6)cccc34)cc2)c2ccc3c(c2)C(C)(C)c2ccccc2-3)cc1. The Labute approximate surface area is 375 Å². The van der Waals surface area contributed by atoms with Crippen molar-refractivity contribution in [1.29, 1.82) is 5.26 Å². The highest BCUT2D eigenvalue weighted by atomic mass is 15.1. The summed E-state index contributed by atoms with van der Waals surface area (Å²) in [6, 6.07) is 71.3. The molecule has 0 heterocycles. The Morgan fingerprint density at radius 2 is 0.875 bits per heavy atom. The van der Waals surface area contributed by atoms with Gasteiger partial charge in [-0.3, -0.25) is 0 Å². The first-order valence-corrected chi connectivity index (χ1v) is 21.8. The summed E-state index contributed by atoms with van der Waals surface area (Å²) in [5.74, 6) is 0. The summed E-state index contributed by atoms with van der Waals surface area (Å²) < 4.78 is 0. The molecule has 0 aliphatic heterocycles. The van der Waals surface area contributed by atoms with Crippen LogP contribution in [0.3, 0.4) is 0 Å². The van der Waals surface area contributed by atoms with Gasteiger partial charge in [0.25, 0.3) is 0 Å². The lowest BCUT2D eigenvalue weighted by atomic mass is 9.82. The Hall–Kier alpha value is -8.18. The second kappa shape index (κ2) is 14.7. The van der Waals surface area contributed by atoms with E-state index in [1.165, 1.54) is 44.5 Å². The standard InChI is InChI=1S/C60H44N4/c1-59(2)54-17-8-6-12-49(54)51-34-32-45(36-56(51)59)63(43-30-24-41(62-5)25-31-43)42-28-22-40(23-29-42)47-14-10-16-53-48(47)15-11-19-58(53)64(44-26-20-39(38-61)21-27-44)46-33-35-52-50-13-7-9-18-55(50)60(3,4)57(52)37-46/h6-37H,1-4H3. The number of benzene rings is 9. The minimum Gasteiger partial charge on any atom is -0.311 e. The summed E-state index contributed by atoms with van der Waals surface area (Å²) in [6.07, 6.45) is 0. The molecule has 0 saturated heterocycles. The Kier molecular flexibility index (Phi) is 8.91. The monoisotopic (exact) mass is 820 g/mol. The van der Waals surface area contributed by atoms with E-state index < -0.39 is 0 Å². The van der Waals surface area contributed by atoms with Crippen molar-refractivity contribution in [3.63, 3.8) is 0 Å². The molecule has 64 heavy (non-hydrogen) atoms. The Morgan fingerprint density at radius 3 is 1.45 bits per heavy atom. The molecule has 0 aromatic heterocycles. The highest BCUT2D eigenvalue weighted by Crippen LogP contribution is 2.53. The zero-order chi connectivity index (χ0) is 43.7. The molecule has 0 spiro atoms. The van der Waals surface area contributed by atoms with Gasteiger partial charge in [0.1, 0.15) is 0 Å². The van der Waals surface area contributed by atoms with Crippen molar-refractivity contribution in [3.8, 4) is 39.4 Å². The summed E-state index contributed by atoms with van der Waals surface area (Å²) in [4.78, 5) is 8.31. The fourth-order valence-electron chi connectivity index (χ4n) is 10.4. The minimum absolute atomic E-state index is 0.142. The first kappa shape index (κ1) is 38.7. The van der Waals surface area contributed by atoms with Crippen LogP contribution in [0.15, 0.2) is 194 Å². The summed E-state index contributed by atoms with van der Waals surface area (Å²) in [5.41, 5.74) is 19.8. The van der Waals surface area contributed by atoms with Crippen LogP contribution in [0.2, 0.25) is 0 Å². The van der Waals surface area contributed by atoms with E-state index in [0.29, 0.717) is 11.3 Å². The third kappa shape index (κ3) is 6.03. The van der Waals surface area contributed by atoms with Gasteiger partial charge in [0.2, 0.25) is 0 Å². The molecular formula is C60H44N4. The molecule has 304 valence electrons. The lowest BCUT2D eigenvalue weighted by molar-refractivity contribution is 0.660. The normalized spacial score (nSPS) is 13.5. The molecule has 0 N–H and O–H groups in total. The van der Waals surface area contributed by atoms with Crippen LogP contribution in [0.1, 0.15) is 55.5 Å². The van der Waals surface area contributed by atoms with Crippen molar-refractivity contribution in [2.75, 3.05) is 9.80 Å². The van der Waals surface area contributed by atoms with Gasteiger partial charge in [0.15, 0.2) is 5.69 Å². The molecule has 0 atom stereocenters. The molecule has 4 nitrogen and oxygen atoms in total. The smallest absolute Gasteiger partial charge is 0.187 e. The van der Waals surface area contributed by atoms with Crippen molar-refractivity contribution >= 4 is 50.6 Å². The van der Waals surface area contributed by atoms with Crippen LogP contribution in [0.4, 0.5) is 39.8 Å². The lowest BCUT2D eigenvalue weighted by Crippen LogP contribution is -2.16. The molecule has 0 amide bonds. The van der Waals surface area contributed by atoms with Crippen LogP contribution in [-0.2, 0) is 10.8 Å². The molecule has 2 aliphatic carbocycles. The van der Waals surface area contributed by atoms with E-state index in [1.807, 2.05) is 36.4 Å². The summed E-state index contributed by atoms with van der Waals surface area (Å²) >= 11 is 0. The molecule has 0 unspecified atom stereocenters. The summed E-state index contributed by atoms with van der Waals surface area (Å²) in [7, 11) is 0. The van der Waals surface area contributed by atoms with Gasteiger partial charge in [-0.1, -0.05) is 143 Å². The van der Waals surface area contributed by atoms with Gasteiger partial charge in [0, 0.05) is 44.7 Å². The molecule has 0 bridgehead atoms. The lowest BCUT2D eigenvalue weighted by Gasteiger charge is -2.29. The van der Waals surface area contributed by atoms with Crippen LogP contribution >= 0.6 is 0 Å². The fourth-order valence-corrected chi connectivity index (χ4v) is 10.4. The topological polar surface area (TPSA) is 34.6 Å². The predicted molar refractivity (Wildman–Crippen MR) is 265 cm³/mol. The number of nitrogens with zero attached hydrogens (tertiary/aromatic N) is 4. The molecule has 0 fully saturated rings. The average molecular weight is 821 g/mol. The number of hydrogen-bond acceptors (Lipinski definition) is 3. The van der Waals surface area contributed by atoms with Gasteiger partial charge in [-0.25, -0.2) is 4.85 Å². The molecule has 0 saturated carbocycles. The van der Waals surface area contributed by atoms with Gasteiger partial charge in [-0.05, 0) is 140 Å². The maximum absolute atomic E-state index is 9.72. The van der Waals surface area contributed by atoms with E-state index >= 15 is 0 Å². The molecule has 4 heteroatoms. The van der Waals surface area contributed by atoms with Crippen molar-refractivity contribution in [2.45, 2.75) is 38.5 Å². The van der Waals surface area contributed by atoms with Gasteiger partial charge in [-0.15, -0.1) is 0 Å². The first-order chi connectivity index (χ1) is 31.1. The zero-order valence-corrected chi connectivity index (χ0v) is 36.3. The van der Waals surface area contributed by atoms with E-state index in [0.717, 1.165) is 56.0 Å². The van der Waals surface area contributed by atoms with E-state index in [9.17, 15) is 5.26 Å². The summed E-state index contributed by atoms with van der Waals surface area (Å²) in [5, 5.41) is 12.0. The number of rotatable bonds is 7.